The average molecular weight is 465 g/mol. The molecule has 0 amide bonds. The Balaban J connectivity index is 1.61. The lowest BCUT2D eigenvalue weighted by atomic mass is 9.59. The van der Waals surface area contributed by atoms with E-state index in [2.05, 4.69) is 26.8 Å². The Morgan fingerprint density at radius 3 is 2.53 bits per heavy atom. The third-order valence-electron chi connectivity index (χ3n) is 8.30. The number of aromatic hydroxyl groups is 1. The minimum Gasteiger partial charge on any atom is -0.507 e. The van der Waals surface area contributed by atoms with Gasteiger partial charge in [0, 0.05) is 24.3 Å². The van der Waals surface area contributed by atoms with Crippen LogP contribution in [-0.4, -0.2) is 47.2 Å². The number of rotatable bonds is 4. The second-order valence-corrected chi connectivity index (χ2v) is 10.4. The van der Waals surface area contributed by atoms with E-state index in [1.54, 1.807) is 19.9 Å². The summed E-state index contributed by atoms with van der Waals surface area (Å²) in [6.07, 6.45) is 5.90. The lowest BCUT2D eigenvalue weighted by molar-refractivity contribution is -0.240. The molecule has 2 fully saturated rings. The zero-order chi connectivity index (χ0) is 23.5. The van der Waals surface area contributed by atoms with Gasteiger partial charge in [-0.05, 0) is 37.2 Å². The van der Waals surface area contributed by atoms with E-state index in [0.29, 0.717) is 47.3 Å². The van der Waals surface area contributed by atoms with Crippen LogP contribution in [0.25, 0.3) is 0 Å². The number of ether oxygens (including phenoxy) is 3. The summed E-state index contributed by atoms with van der Waals surface area (Å²) in [5.41, 5.74) is -0.493. The van der Waals surface area contributed by atoms with Gasteiger partial charge >= 0.3 is 0 Å². The van der Waals surface area contributed by atoms with Crippen molar-refractivity contribution in [2.24, 2.45) is 17.3 Å². The zero-order valence-corrected chi connectivity index (χ0v) is 20.2. The molecule has 1 spiro atoms. The number of carbonyl (C=O) groups is 1. The molecule has 6 nitrogen and oxygen atoms in total. The molecule has 2 unspecified atom stereocenters. The SMILES string of the molecule is Cc1c(Cl)c2c(c(O)c1C=O)CC(C(C)(O)/C=C/[C@@]1(C)[C@H](C)CCC3(OCCO3)[C@@H]1C)O2. The van der Waals surface area contributed by atoms with E-state index in [-0.39, 0.29) is 29.1 Å². The van der Waals surface area contributed by atoms with Crippen LogP contribution in [0.5, 0.6) is 11.5 Å². The molecule has 1 saturated carbocycles. The quantitative estimate of drug-likeness (QED) is 0.500. The number of carbonyl (C=O) groups excluding carboxylic acids is 1. The minimum absolute atomic E-state index is 0.103. The lowest BCUT2D eigenvalue weighted by Gasteiger charge is -2.51. The standard InChI is InChI=1S/C25H33ClO6/c1-14-6-7-25(30-10-11-31-25)16(3)23(14,4)8-9-24(5,29)19-12-17-21(28)18(13-27)15(2)20(26)22(17)32-19/h8-9,13-14,16,19,28-29H,6-7,10-12H2,1-5H3/b9-8+/t14-,16-,19?,23+,24?/m1/s1. The summed E-state index contributed by atoms with van der Waals surface area (Å²) in [6, 6.07) is 0. The molecule has 1 aliphatic carbocycles. The number of aliphatic hydroxyl groups is 1. The molecule has 0 radical (unpaired) electrons. The van der Waals surface area contributed by atoms with Gasteiger partial charge in [-0.15, -0.1) is 0 Å². The van der Waals surface area contributed by atoms with Crippen molar-refractivity contribution in [3.05, 3.63) is 33.9 Å². The smallest absolute Gasteiger partial charge is 0.171 e. The maximum absolute atomic E-state index is 11.4. The molecule has 4 rings (SSSR count). The van der Waals surface area contributed by atoms with Gasteiger partial charge in [0.2, 0.25) is 0 Å². The molecule has 176 valence electrons. The van der Waals surface area contributed by atoms with Crippen LogP contribution in [0.1, 0.15) is 62.0 Å². The Labute approximate surface area is 194 Å². The number of allylic oxidation sites excluding steroid dienone is 1. The van der Waals surface area contributed by atoms with Gasteiger partial charge in [0.25, 0.3) is 0 Å². The lowest BCUT2D eigenvalue weighted by Crippen LogP contribution is -2.52. The van der Waals surface area contributed by atoms with Gasteiger partial charge in [0.15, 0.2) is 12.1 Å². The van der Waals surface area contributed by atoms with Crippen LogP contribution in [-0.2, 0) is 15.9 Å². The number of phenols is 1. The highest BCUT2D eigenvalue weighted by Gasteiger charge is 2.55. The van der Waals surface area contributed by atoms with Crippen LogP contribution in [0.2, 0.25) is 5.02 Å². The molecule has 2 aliphatic heterocycles. The third-order valence-corrected chi connectivity index (χ3v) is 8.76. The first-order valence-electron chi connectivity index (χ1n) is 11.3. The maximum atomic E-state index is 11.4. The van der Waals surface area contributed by atoms with Crippen molar-refractivity contribution in [1.29, 1.82) is 0 Å². The number of halogens is 1. The van der Waals surface area contributed by atoms with Crippen molar-refractivity contribution in [3.8, 4) is 11.5 Å². The van der Waals surface area contributed by atoms with Crippen LogP contribution < -0.4 is 4.74 Å². The van der Waals surface area contributed by atoms with Crippen molar-refractivity contribution in [2.45, 2.75) is 71.4 Å². The van der Waals surface area contributed by atoms with E-state index in [0.717, 1.165) is 12.8 Å². The molecule has 2 N–H and O–H groups in total. The normalized spacial score (nSPS) is 33.3. The van der Waals surface area contributed by atoms with Gasteiger partial charge in [-0.25, -0.2) is 0 Å². The Bertz CT molecular complexity index is 948. The first kappa shape index (κ1) is 23.6. The predicted octanol–water partition coefficient (Wildman–Crippen LogP) is 4.59. The largest absolute Gasteiger partial charge is 0.507 e. The zero-order valence-electron chi connectivity index (χ0n) is 19.4. The molecule has 1 aromatic rings. The first-order valence-corrected chi connectivity index (χ1v) is 11.7. The number of aldehydes is 1. The van der Waals surface area contributed by atoms with E-state index in [1.165, 1.54) is 0 Å². The molecule has 0 bridgehead atoms. The van der Waals surface area contributed by atoms with Crippen LogP contribution in [0.4, 0.5) is 0 Å². The highest BCUT2D eigenvalue weighted by atomic mass is 35.5. The fourth-order valence-electron chi connectivity index (χ4n) is 5.50. The predicted molar refractivity (Wildman–Crippen MR) is 121 cm³/mol. The van der Waals surface area contributed by atoms with E-state index in [9.17, 15) is 15.0 Å². The second-order valence-electron chi connectivity index (χ2n) is 10.0. The monoisotopic (exact) mass is 464 g/mol. The Morgan fingerprint density at radius 1 is 1.25 bits per heavy atom. The Morgan fingerprint density at radius 2 is 1.91 bits per heavy atom. The summed E-state index contributed by atoms with van der Waals surface area (Å²) >= 11 is 6.42. The topological polar surface area (TPSA) is 85.2 Å². The van der Waals surface area contributed by atoms with Gasteiger partial charge in [0.05, 0.1) is 23.8 Å². The van der Waals surface area contributed by atoms with Crippen LogP contribution in [0.3, 0.4) is 0 Å². The fraction of sp³-hybridized carbons (Fsp3) is 0.640. The van der Waals surface area contributed by atoms with E-state index in [4.69, 9.17) is 25.8 Å². The molecule has 1 aromatic carbocycles. The van der Waals surface area contributed by atoms with Gasteiger partial charge in [-0.2, -0.15) is 0 Å². The molecule has 5 atom stereocenters. The third kappa shape index (κ3) is 3.47. The maximum Gasteiger partial charge on any atom is 0.171 e. The van der Waals surface area contributed by atoms with Gasteiger partial charge in [-0.3, -0.25) is 4.79 Å². The van der Waals surface area contributed by atoms with Crippen molar-refractivity contribution in [1.82, 2.24) is 0 Å². The number of phenolic OH excluding ortho intramolecular Hbond substituents is 1. The van der Waals surface area contributed by atoms with Crippen LogP contribution in [0, 0.1) is 24.2 Å². The highest BCUT2D eigenvalue weighted by Crippen LogP contribution is 2.54. The highest BCUT2D eigenvalue weighted by molar-refractivity contribution is 6.33. The van der Waals surface area contributed by atoms with E-state index in [1.807, 2.05) is 0 Å². The molecule has 3 aliphatic rings. The fourth-order valence-corrected chi connectivity index (χ4v) is 5.76. The van der Waals surface area contributed by atoms with E-state index < -0.39 is 17.5 Å². The molecule has 7 heteroatoms. The van der Waals surface area contributed by atoms with Crippen molar-refractivity contribution in [3.63, 3.8) is 0 Å². The second kappa shape index (κ2) is 8.01. The molecular formula is C25H33ClO6. The van der Waals surface area contributed by atoms with Crippen LogP contribution >= 0.6 is 11.6 Å². The summed E-state index contributed by atoms with van der Waals surface area (Å²) in [5.74, 6) is 0.119. The van der Waals surface area contributed by atoms with Gasteiger partial charge < -0.3 is 24.4 Å². The van der Waals surface area contributed by atoms with Gasteiger partial charge in [-0.1, -0.05) is 44.5 Å². The molecular weight excluding hydrogens is 432 g/mol. The molecule has 1 saturated heterocycles. The molecule has 2 heterocycles. The summed E-state index contributed by atoms with van der Waals surface area (Å²) in [6.45, 7) is 11.1. The van der Waals surface area contributed by atoms with Crippen molar-refractivity contribution < 1.29 is 29.2 Å². The number of hydrogen-bond acceptors (Lipinski definition) is 6. The first-order chi connectivity index (χ1) is 15.0. The molecule has 32 heavy (non-hydrogen) atoms. The Kier molecular flexibility index (Phi) is 5.90. The number of benzene rings is 1. The number of fused-ring (bicyclic) bond motifs is 1. The molecule has 0 aromatic heterocycles. The summed E-state index contributed by atoms with van der Waals surface area (Å²) in [5, 5.41) is 22.2. The summed E-state index contributed by atoms with van der Waals surface area (Å²) < 4.78 is 18.1. The van der Waals surface area contributed by atoms with Gasteiger partial charge in [0.1, 0.15) is 23.2 Å². The van der Waals surface area contributed by atoms with Crippen molar-refractivity contribution >= 4 is 17.9 Å². The summed E-state index contributed by atoms with van der Waals surface area (Å²) in [7, 11) is 0. The Hall–Kier alpha value is -1.60. The van der Waals surface area contributed by atoms with Crippen molar-refractivity contribution in [2.75, 3.05) is 13.2 Å². The minimum atomic E-state index is -1.32. The van der Waals surface area contributed by atoms with Crippen LogP contribution in [0.15, 0.2) is 12.2 Å². The van der Waals surface area contributed by atoms with E-state index >= 15 is 0 Å². The average Bonchev–Trinajstić information content (AvgIpc) is 3.42. The summed E-state index contributed by atoms with van der Waals surface area (Å²) in [4.78, 5) is 11.4. The number of hydrogen-bond donors (Lipinski definition) is 2.